The number of benzene rings is 1. The van der Waals surface area contributed by atoms with Crippen LogP contribution in [0.2, 0.25) is 0 Å². The second kappa shape index (κ2) is 9.46. The summed E-state index contributed by atoms with van der Waals surface area (Å²) in [6.45, 7) is 2.88. The molecule has 0 aliphatic carbocycles. The van der Waals surface area contributed by atoms with Crippen molar-refractivity contribution in [2.45, 2.75) is 32.6 Å². The first kappa shape index (κ1) is 16.8. The van der Waals surface area contributed by atoms with Crippen LogP contribution in [-0.4, -0.2) is 18.7 Å². The third-order valence-electron chi connectivity index (χ3n) is 3.25. The molecule has 0 unspecified atom stereocenters. The number of ether oxygens (including phenoxy) is 1. The molecule has 0 radical (unpaired) electrons. The van der Waals surface area contributed by atoms with Crippen LogP contribution in [0.3, 0.4) is 0 Å². The van der Waals surface area contributed by atoms with Crippen LogP contribution in [0.4, 0.5) is 0 Å². The monoisotopic (exact) mass is 314 g/mol. The second-order valence-corrected chi connectivity index (χ2v) is 5.15. The smallest absolute Gasteiger partial charge is 0.240 e. The zero-order valence-electron chi connectivity index (χ0n) is 13.3. The Labute approximate surface area is 136 Å². The maximum absolute atomic E-state index is 11.7. The summed E-state index contributed by atoms with van der Waals surface area (Å²) in [4.78, 5) is 11.7. The molecule has 0 atom stereocenters. The van der Waals surface area contributed by atoms with Gasteiger partial charge in [-0.3, -0.25) is 4.79 Å². The van der Waals surface area contributed by atoms with Crippen molar-refractivity contribution >= 4 is 12.1 Å². The Bertz CT molecular complexity index is 604. The third-order valence-corrected chi connectivity index (χ3v) is 3.25. The summed E-state index contributed by atoms with van der Waals surface area (Å²) >= 11 is 0. The predicted molar refractivity (Wildman–Crippen MR) is 89.6 cm³/mol. The highest BCUT2D eigenvalue weighted by atomic mass is 16.5. The maximum Gasteiger partial charge on any atom is 0.240 e. The van der Waals surface area contributed by atoms with Crippen LogP contribution in [0.15, 0.2) is 52.2 Å². The van der Waals surface area contributed by atoms with Gasteiger partial charge in [-0.15, -0.1) is 0 Å². The number of furan rings is 1. The molecule has 1 amide bonds. The lowest BCUT2D eigenvalue weighted by Crippen LogP contribution is -2.17. The second-order valence-electron chi connectivity index (χ2n) is 5.15. The quantitative estimate of drug-likeness (QED) is 0.437. The number of unbranched alkanes of at least 4 members (excludes halogenated alkanes) is 1. The van der Waals surface area contributed by atoms with Crippen LogP contribution >= 0.6 is 0 Å². The van der Waals surface area contributed by atoms with Crippen molar-refractivity contribution in [3.8, 4) is 5.75 Å². The summed E-state index contributed by atoms with van der Waals surface area (Å²) in [6.07, 6.45) is 6.25. The fourth-order valence-corrected chi connectivity index (χ4v) is 1.93. The molecule has 1 heterocycles. The van der Waals surface area contributed by atoms with E-state index < -0.39 is 0 Å². The average Bonchev–Trinajstić information content (AvgIpc) is 3.08. The minimum atomic E-state index is -0.129. The molecule has 0 saturated heterocycles. The molecule has 0 aliphatic heterocycles. The number of aryl methyl sites for hydroxylation is 1. The van der Waals surface area contributed by atoms with Gasteiger partial charge >= 0.3 is 0 Å². The topological polar surface area (TPSA) is 63.8 Å². The molecule has 0 fully saturated rings. The summed E-state index contributed by atoms with van der Waals surface area (Å²) in [5, 5.41) is 3.84. The van der Waals surface area contributed by atoms with Crippen molar-refractivity contribution in [1.82, 2.24) is 5.43 Å². The normalized spacial score (nSPS) is 10.8. The largest absolute Gasteiger partial charge is 0.494 e. The fraction of sp³-hybridized carbons (Fsp3) is 0.333. The Balaban J connectivity index is 1.69. The lowest BCUT2D eigenvalue weighted by Gasteiger charge is -2.06. The third kappa shape index (κ3) is 6.38. The molecule has 23 heavy (non-hydrogen) atoms. The number of amides is 1. The van der Waals surface area contributed by atoms with Gasteiger partial charge in [-0.1, -0.05) is 25.5 Å². The predicted octanol–water partition coefficient (Wildman–Crippen LogP) is 3.54. The van der Waals surface area contributed by atoms with E-state index >= 15 is 0 Å². The zero-order valence-corrected chi connectivity index (χ0v) is 13.3. The van der Waals surface area contributed by atoms with Crippen molar-refractivity contribution in [1.29, 1.82) is 0 Å². The van der Waals surface area contributed by atoms with E-state index in [0.717, 1.165) is 30.8 Å². The molecular formula is C18H22N2O3. The van der Waals surface area contributed by atoms with Crippen molar-refractivity contribution in [3.05, 3.63) is 54.0 Å². The molecule has 2 rings (SSSR count). The van der Waals surface area contributed by atoms with Crippen LogP contribution in [0.1, 0.15) is 37.5 Å². The molecule has 5 heteroatoms. The van der Waals surface area contributed by atoms with Gasteiger partial charge in [0.1, 0.15) is 11.5 Å². The molecule has 1 aromatic carbocycles. The Hall–Kier alpha value is -2.56. The number of nitrogens with zero attached hydrogens (tertiary/aromatic N) is 1. The summed E-state index contributed by atoms with van der Waals surface area (Å²) in [5.41, 5.74) is 3.58. The molecule has 1 N–H and O–H groups in total. The highest BCUT2D eigenvalue weighted by molar-refractivity contribution is 5.80. The molecule has 122 valence electrons. The zero-order chi connectivity index (χ0) is 16.3. The van der Waals surface area contributed by atoms with E-state index in [4.69, 9.17) is 9.15 Å². The van der Waals surface area contributed by atoms with Gasteiger partial charge in [0.2, 0.25) is 5.91 Å². The first-order valence-electron chi connectivity index (χ1n) is 7.85. The maximum atomic E-state index is 11.7. The number of rotatable bonds is 9. The number of nitrogens with one attached hydrogen (secondary N) is 1. The number of hydrazone groups is 1. The lowest BCUT2D eigenvalue weighted by molar-refractivity contribution is -0.121. The Morgan fingerprint density at radius 3 is 2.83 bits per heavy atom. The standard InChI is InChI=1S/C18H22N2O3/c1-2-3-12-22-16-9-6-15(7-10-16)8-11-18(21)20-19-14-17-5-4-13-23-17/h4-7,9-10,13-14H,2-3,8,11-12H2,1H3,(H,20,21)/b19-14-. The highest BCUT2D eigenvalue weighted by Gasteiger charge is 2.02. The van der Waals surface area contributed by atoms with E-state index in [1.807, 2.05) is 24.3 Å². The SMILES string of the molecule is CCCCOc1ccc(CCC(=O)N/N=C\c2ccco2)cc1. The average molecular weight is 314 g/mol. The first-order chi connectivity index (χ1) is 11.3. The summed E-state index contributed by atoms with van der Waals surface area (Å²) in [6, 6.07) is 11.4. The van der Waals surface area contributed by atoms with Crippen molar-refractivity contribution in [3.63, 3.8) is 0 Å². The Kier molecular flexibility index (Phi) is 6.91. The minimum Gasteiger partial charge on any atom is -0.494 e. The summed E-state index contributed by atoms with van der Waals surface area (Å²) < 4.78 is 10.7. The summed E-state index contributed by atoms with van der Waals surface area (Å²) in [5.74, 6) is 1.34. The lowest BCUT2D eigenvalue weighted by atomic mass is 10.1. The van der Waals surface area contributed by atoms with Crippen molar-refractivity contribution in [2.75, 3.05) is 6.61 Å². The molecule has 0 bridgehead atoms. The van der Waals surface area contributed by atoms with Crippen molar-refractivity contribution < 1.29 is 13.9 Å². The van der Waals surface area contributed by atoms with E-state index in [0.29, 0.717) is 18.6 Å². The molecule has 5 nitrogen and oxygen atoms in total. The minimum absolute atomic E-state index is 0.129. The summed E-state index contributed by atoms with van der Waals surface area (Å²) in [7, 11) is 0. The van der Waals surface area contributed by atoms with E-state index in [1.54, 1.807) is 18.4 Å². The number of hydrogen-bond donors (Lipinski definition) is 1. The Morgan fingerprint density at radius 2 is 2.13 bits per heavy atom. The van der Waals surface area contributed by atoms with Gasteiger partial charge in [-0.05, 0) is 42.7 Å². The number of carbonyl (C=O) groups excluding carboxylic acids is 1. The van der Waals surface area contributed by atoms with Gasteiger partial charge in [0, 0.05) is 6.42 Å². The van der Waals surface area contributed by atoms with Crippen LogP contribution in [-0.2, 0) is 11.2 Å². The first-order valence-corrected chi connectivity index (χ1v) is 7.85. The number of carbonyl (C=O) groups is 1. The van der Waals surface area contributed by atoms with Crippen LogP contribution in [0.5, 0.6) is 5.75 Å². The van der Waals surface area contributed by atoms with Gasteiger partial charge in [-0.25, -0.2) is 5.43 Å². The van der Waals surface area contributed by atoms with E-state index in [2.05, 4.69) is 17.5 Å². The van der Waals surface area contributed by atoms with Gasteiger partial charge in [0.25, 0.3) is 0 Å². The molecule has 0 saturated carbocycles. The van der Waals surface area contributed by atoms with Gasteiger partial charge in [0.15, 0.2) is 0 Å². The molecule has 2 aromatic rings. The van der Waals surface area contributed by atoms with Gasteiger partial charge in [-0.2, -0.15) is 5.10 Å². The van der Waals surface area contributed by atoms with Crippen LogP contribution in [0.25, 0.3) is 0 Å². The van der Waals surface area contributed by atoms with Gasteiger partial charge < -0.3 is 9.15 Å². The van der Waals surface area contributed by atoms with Crippen LogP contribution < -0.4 is 10.2 Å². The van der Waals surface area contributed by atoms with E-state index in [-0.39, 0.29) is 5.91 Å². The molecular weight excluding hydrogens is 292 g/mol. The van der Waals surface area contributed by atoms with Crippen molar-refractivity contribution in [2.24, 2.45) is 5.10 Å². The molecule has 0 aliphatic rings. The van der Waals surface area contributed by atoms with Gasteiger partial charge in [0.05, 0.1) is 19.1 Å². The molecule has 0 spiro atoms. The molecule has 1 aromatic heterocycles. The van der Waals surface area contributed by atoms with E-state index in [9.17, 15) is 4.79 Å². The Morgan fingerprint density at radius 1 is 1.30 bits per heavy atom. The van der Waals surface area contributed by atoms with Crippen LogP contribution in [0, 0.1) is 0 Å². The number of hydrogen-bond acceptors (Lipinski definition) is 4. The fourth-order valence-electron chi connectivity index (χ4n) is 1.93. The highest BCUT2D eigenvalue weighted by Crippen LogP contribution is 2.13. The van der Waals surface area contributed by atoms with E-state index in [1.165, 1.54) is 6.21 Å².